The molecule has 1 unspecified atom stereocenters. The summed E-state index contributed by atoms with van der Waals surface area (Å²) in [5.74, 6) is -1.01. The standard InChI is InChI=1S/C20H18N4O6/c1-30-16-10-13(24(28)29)6-7-15(16)21-17(25)11-23-18(26)20(22-19(23)27)9-8-12-4-2-3-5-14(12)20/h2-7,10H,8-9,11H2,1H3,(H,21,25)(H,22,27). The highest BCUT2D eigenvalue weighted by atomic mass is 16.6. The van der Waals surface area contributed by atoms with E-state index in [0.29, 0.717) is 12.8 Å². The summed E-state index contributed by atoms with van der Waals surface area (Å²) < 4.78 is 5.09. The number of rotatable bonds is 5. The highest BCUT2D eigenvalue weighted by Gasteiger charge is 2.55. The molecule has 1 aliphatic carbocycles. The third kappa shape index (κ3) is 3.02. The maximum Gasteiger partial charge on any atom is 0.325 e. The summed E-state index contributed by atoms with van der Waals surface area (Å²) in [7, 11) is 1.31. The second-order valence-electron chi connectivity index (χ2n) is 7.07. The first-order chi connectivity index (χ1) is 14.4. The predicted molar refractivity (Wildman–Crippen MR) is 105 cm³/mol. The number of nitrogens with zero attached hydrogens (tertiary/aromatic N) is 2. The van der Waals surface area contributed by atoms with Gasteiger partial charge in [-0.15, -0.1) is 0 Å². The summed E-state index contributed by atoms with van der Waals surface area (Å²) in [6, 6.07) is 10.5. The average Bonchev–Trinajstić information content (AvgIpc) is 3.21. The first kappa shape index (κ1) is 19.4. The lowest BCUT2D eigenvalue weighted by molar-refractivity contribution is -0.384. The van der Waals surface area contributed by atoms with Crippen LogP contribution in [-0.2, 0) is 21.5 Å². The molecule has 4 amide bonds. The number of non-ortho nitro benzene ring substituents is 1. The molecule has 1 spiro atoms. The molecule has 2 aliphatic rings. The number of aryl methyl sites for hydroxylation is 1. The number of hydrogen-bond donors (Lipinski definition) is 2. The number of urea groups is 1. The van der Waals surface area contributed by atoms with Crippen molar-refractivity contribution in [2.24, 2.45) is 0 Å². The van der Waals surface area contributed by atoms with Crippen LogP contribution in [0.4, 0.5) is 16.2 Å². The monoisotopic (exact) mass is 410 g/mol. The number of imide groups is 1. The summed E-state index contributed by atoms with van der Waals surface area (Å²) in [6.45, 7) is -0.491. The molecule has 0 saturated carbocycles. The Balaban J connectivity index is 1.52. The van der Waals surface area contributed by atoms with Gasteiger partial charge in [-0.25, -0.2) is 4.79 Å². The van der Waals surface area contributed by atoms with E-state index < -0.39 is 34.9 Å². The minimum atomic E-state index is -1.14. The molecule has 2 N–H and O–H groups in total. The van der Waals surface area contributed by atoms with Crippen LogP contribution < -0.4 is 15.4 Å². The molecule has 10 nitrogen and oxygen atoms in total. The van der Waals surface area contributed by atoms with Gasteiger partial charge in [0.15, 0.2) is 0 Å². The number of nitrogens with one attached hydrogen (secondary N) is 2. The lowest BCUT2D eigenvalue weighted by atomic mass is 9.92. The number of carbonyl (C=O) groups excluding carboxylic acids is 3. The van der Waals surface area contributed by atoms with Crippen molar-refractivity contribution in [3.63, 3.8) is 0 Å². The number of ether oxygens (including phenoxy) is 1. The van der Waals surface area contributed by atoms with Crippen LogP contribution in [0.5, 0.6) is 5.75 Å². The number of hydrogen-bond acceptors (Lipinski definition) is 6. The summed E-state index contributed by atoms with van der Waals surface area (Å²) in [5, 5.41) is 16.2. The van der Waals surface area contributed by atoms with Crippen LogP contribution in [-0.4, -0.2) is 41.3 Å². The van der Waals surface area contributed by atoms with Crippen LogP contribution in [0.3, 0.4) is 0 Å². The van der Waals surface area contributed by atoms with Crippen LogP contribution >= 0.6 is 0 Å². The van der Waals surface area contributed by atoms with Crippen LogP contribution in [0.15, 0.2) is 42.5 Å². The van der Waals surface area contributed by atoms with Gasteiger partial charge in [-0.1, -0.05) is 24.3 Å². The Kier molecular flexibility index (Phi) is 4.61. The predicted octanol–water partition coefficient (Wildman–Crippen LogP) is 1.94. The molecule has 1 aliphatic heterocycles. The lowest BCUT2D eigenvalue weighted by Gasteiger charge is -2.22. The van der Waals surface area contributed by atoms with Crippen molar-refractivity contribution in [3.8, 4) is 5.75 Å². The number of fused-ring (bicyclic) bond motifs is 2. The highest BCUT2D eigenvalue weighted by molar-refractivity contribution is 6.11. The first-order valence-corrected chi connectivity index (χ1v) is 9.20. The molecule has 0 bridgehead atoms. The fourth-order valence-corrected chi connectivity index (χ4v) is 3.96. The highest BCUT2D eigenvalue weighted by Crippen LogP contribution is 2.41. The Labute approximate surface area is 171 Å². The molecule has 2 aromatic carbocycles. The fraction of sp³-hybridized carbons (Fsp3) is 0.250. The lowest BCUT2D eigenvalue weighted by Crippen LogP contribution is -2.43. The largest absolute Gasteiger partial charge is 0.494 e. The van der Waals surface area contributed by atoms with Gasteiger partial charge in [0.1, 0.15) is 17.8 Å². The number of carbonyl (C=O) groups is 3. The van der Waals surface area contributed by atoms with E-state index in [-0.39, 0.29) is 17.1 Å². The van der Waals surface area contributed by atoms with E-state index >= 15 is 0 Å². The zero-order valence-electron chi connectivity index (χ0n) is 16.0. The topological polar surface area (TPSA) is 131 Å². The van der Waals surface area contributed by atoms with Gasteiger partial charge in [0.05, 0.1) is 23.8 Å². The smallest absolute Gasteiger partial charge is 0.325 e. The third-order valence-corrected chi connectivity index (χ3v) is 5.39. The van der Waals surface area contributed by atoms with E-state index in [1.165, 1.54) is 25.3 Å². The van der Waals surface area contributed by atoms with E-state index in [4.69, 9.17) is 4.74 Å². The molecule has 10 heteroatoms. The summed E-state index contributed by atoms with van der Waals surface area (Å²) >= 11 is 0. The van der Waals surface area contributed by atoms with Gasteiger partial charge in [0.2, 0.25) is 5.91 Å². The van der Waals surface area contributed by atoms with Crippen LogP contribution in [0.1, 0.15) is 17.5 Å². The molecule has 1 atom stereocenters. The Morgan fingerprint density at radius 2 is 2.07 bits per heavy atom. The number of amides is 4. The molecule has 1 fully saturated rings. The van der Waals surface area contributed by atoms with Gasteiger partial charge >= 0.3 is 6.03 Å². The van der Waals surface area contributed by atoms with Gasteiger partial charge in [-0.05, 0) is 30.0 Å². The molecular weight excluding hydrogens is 392 g/mol. The average molecular weight is 410 g/mol. The molecule has 0 radical (unpaired) electrons. The molecule has 154 valence electrons. The Hall–Kier alpha value is -3.95. The van der Waals surface area contributed by atoms with Crippen molar-refractivity contribution in [1.29, 1.82) is 0 Å². The number of methoxy groups -OCH3 is 1. The van der Waals surface area contributed by atoms with E-state index in [0.717, 1.165) is 16.0 Å². The zero-order chi connectivity index (χ0) is 21.5. The number of nitro benzene ring substituents is 1. The van der Waals surface area contributed by atoms with E-state index in [1.54, 1.807) is 0 Å². The summed E-state index contributed by atoms with van der Waals surface area (Å²) in [6.07, 6.45) is 1.09. The Bertz CT molecular complexity index is 1080. The number of anilines is 1. The van der Waals surface area contributed by atoms with Crippen molar-refractivity contribution in [2.45, 2.75) is 18.4 Å². The SMILES string of the molecule is COc1cc([N+](=O)[O-])ccc1NC(=O)CN1C(=O)NC2(CCc3ccccc32)C1=O. The number of nitro groups is 1. The maximum atomic E-state index is 13.1. The van der Waals surface area contributed by atoms with Crippen molar-refractivity contribution in [2.75, 3.05) is 19.0 Å². The van der Waals surface area contributed by atoms with Crippen LogP contribution in [0, 0.1) is 10.1 Å². The van der Waals surface area contributed by atoms with Crippen molar-refractivity contribution < 1.29 is 24.0 Å². The molecule has 0 aromatic heterocycles. The Morgan fingerprint density at radius 1 is 1.30 bits per heavy atom. The van der Waals surface area contributed by atoms with Crippen molar-refractivity contribution >= 4 is 29.2 Å². The summed E-state index contributed by atoms with van der Waals surface area (Å²) in [4.78, 5) is 49.3. The summed E-state index contributed by atoms with van der Waals surface area (Å²) in [5.41, 5.74) is 0.608. The van der Waals surface area contributed by atoms with E-state index in [1.807, 2.05) is 24.3 Å². The van der Waals surface area contributed by atoms with Gasteiger partial charge in [-0.3, -0.25) is 24.6 Å². The second kappa shape index (κ2) is 7.14. The van der Waals surface area contributed by atoms with Gasteiger partial charge in [0.25, 0.3) is 11.6 Å². The van der Waals surface area contributed by atoms with Gasteiger partial charge in [0, 0.05) is 6.07 Å². The molecule has 4 rings (SSSR count). The zero-order valence-corrected chi connectivity index (χ0v) is 16.0. The molecule has 1 heterocycles. The van der Waals surface area contributed by atoms with E-state index in [9.17, 15) is 24.5 Å². The van der Waals surface area contributed by atoms with Crippen molar-refractivity contribution in [3.05, 3.63) is 63.7 Å². The molecule has 1 saturated heterocycles. The van der Waals surface area contributed by atoms with Gasteiger partial charge in [-0.2, -0.15) is 0 Å². The molecule has 2 aromatic rings. The Morgan fingerprint density at radius 3 is 2.80 bits per heavy atom. The minimum Gasteiger partial charge on any atom is -0.494 e. The van der Waals surface area contributed by atoms with E-state index in [2.05, 4.69) is 10.6 Å². The first-order valence-electron chi connectivity index (χ1n) is 9.20. The minimum absolute atomic E-state index is 0.0935. The fourth-order valence-electron chi connectivity index (χ4n) is 3.96. The van der Waals surface area contributed by atoms with Crippen LogP contribution in [0.2, 0.25) is 0 Å². The second-order valence-corrected chi connectivity index (χ2v) is 7.07. The normalized spacial score (nSPS) is 19.6. The molecule has 30 heavy (non-hydrogen) atoms. The maximum absolute atomic E-state index is 13.1. The molecular formula is C20H18N4O6. The van der Waals surface area contributed by atoms with Crippen molar-refractivity contribution in [1.82, 2.24) is 10.2 Å². The van der Waals surface area contributed by atoms with Gasteiger partial charge < -0.3 is 15.4 Å². The quantitative estimate of drug-likeness (QED) is 0.440. The number of benzene rings is 2. The van der Waals surface area contributed by atoms with Crippen LogP contribution in [0.25, 0.3) is 0 Å². The third-order valence-electron chi connectivity index (χ3n) is 5.39.